The van der Waals surface area contributed by atoms with Gasteiger partial charge in [-0.15, -0.1) is 11.3 Å². The van der Waals surface area contributed by atoms with Gasteiger partial charge < -0.3 is 0 Å². The Morgan fingerprint density at radius 2 is 1.72 bits per heavy atom. The van der Waals surface area contributed by atoms with Crippen LogP contribution in [0.15, 0.2) is 21.5 Å². The van der Waals surface area contributed by atoms with Crippen molar-refractivity contribution in [3.63, 3.8) is 0 Å². The maximum absolute atomic E-state index is 11.9. The van der Waals surface area contributed by atoms with Crippen LogP contribution in [0.4, 0.5) is 4.79 Å². The first-order valence-electron chi connectivity index (χ1n) is 4.97. The van der Waals surface area contributed by atoms with E-state index in [1.54, 1.807) is 6.07 Å². The Kier molecular flexibility index (Phi) is 3.36. The van der Waals surface area contributed by atoms with Crippen LogP contribution in [0.1, 0.15) is 4.88 Å². The molecular formula is C11H9BrN2O3S. The van der Waals surface area contributed by atoms with Crippen LogP contribution in [0.3, 0.4) is 0 Å². The van der Waals surface area contributed by atoms with Gasteiger partial charge in [0.15, 0.2) is 0 Å². The molecule has 0 N–H and O–H groups in total. The summed E-state index contributed by atoms with van der Waals surface area (Å²) in [6, 6.07) is 1.18. The highest BCUT2D eigenvalue weighted by atomic mass is 79.9. The van der Waals surface area contributed by atoms with E-state index in [4.69, 9.17) is 0 Å². The van der Waals surface area contributed by atoms with Gasteiger partial charge in [0, 0.05) is 28.8 Å². The number of urea groups is 1. The highest BCUT2D eigenvalue weighted by Crippen LogP contribution is 2.24. The minimum atomic E-state index is -0.616. The summed E-state index contributed by atoms with van der Waals surface area (Å²) in [5.41, 5.74) is -0.00560. The number of rotatable bonds is 1. The number of amides is 4. The van der Waals surface area contributed by atoms with Gasteiger partial charge in [0.25, 0.3) is 11.8 Å². The molecule has 0 radical (unpaired) electrons. The molecule has 0 atom stereocenters. The third-order valence-electron chi connectivity index (χ3n) is 2.52. The van der Waals surface area contributed by atoms with Crippen LogP contribution in [0.25, 0.3) is 6.08 Å². The molecule has 0 unspecified atom stereocenters. The third kappa shape index (κ3) is 2.11. The lowest BCUT2D eigenvalue weighted by atomic mass is 10.1. The maximum atomic E-state index is 11.9. The second kappa shape index (κ2) is 4.66. The van der Waals surface area contributed by atoms with E-state index in [2.05, 4.69) is 15.9 Å². The van der Waals surface area contributed by atoms with Crippen molar-refractivity contribution >= 4 is 51.2 Å². The first-order valence-corrected chi connectivity index (χ1v) is 6.65. The molecule has 1 aromatic heterocycles. The van der Waals surface area contributed by atoms with Crippen molar-refractivity contribution in [1.29, 1.82) is 0 Å². The Labute approximate surface area is 116 Å². The zero-order valence-electron chi connectivity index (χ0n) is 9.64. The number of likely N-dealkylation sites (N-methyl/N-ethyl adjacent to an activating group) is 2. The van der Waals surface area contributed by atoms with Gasteiger partial charge in [0.05, 0.1) is 0 Å². The average Bonchev–Trinajstić information content (AvgIpc) is 2.75. The molecular weight excluding hydrogens is 320 g/mol. The molecule has 4 amide bonds. The van der Waals surface area contributed by atoms with Crippen LogP contribution < -0.4 is 0 Å². The minimum Gasteiger partial charge on any atom is -0.268 e. The molecule has 1 aliphatic heterocycles. The fourth-order valence-electron chi connectivity index (χ4n) is 1.52. The Morgan fingerprint density at radius 3 is 2.17 bits per heavy atom. The molecule has 1 aromatic rings. The zero-order chi connectivity index (χ0) is 13.4. The SMILES string of the molecule is CN1C(=O)C(=Cc2cc(Br)cs2)C(=O)N(C)C1=O. The number of carbonyl (C=O) groups is 3. The van der Waals surface area contributed by atoms with Crippen molar-refractivity contribution in [1.82, 2.24) is 9.80 Å². The van der Waals surface area contributed by atoms with E-state index in [-0.39, 0.29) is 5.57 Å². The van der Waals surface area contributed by atoms with Gasteiger partial charge in [-0.1, -0.05) is 0 Å². The van der Waals surface area contributed by atoms with Crippen molar-refractivity contribution in [3.8, 4) is 0 Å². The summed E-state index contributed by atoms with van der Waals surface area (Å²) >= 11 is 4.70. The molecule has 94 valence electrons. The highest BCUT2D eigenvalue weighted by molar-refractivity contribution is 9.10. The topological polar surface area (TPSA) is 57.7 Å². The number of hydrogen-bond donors (Lipinski definition) is 0. The van der Waals surface area contributed by atoms with Crippen LogP contribution in [0.2, 0.25) is 0 Å². The quantitative estimate of drug-likeness (QED) is 0.584. The Morgan fingerprint density at radius 1 is 1.17 bits per heavy atom. The molecule has 5 nitrogen and oxygen atoms in total. The summed E-state index contributed by atoms with van der Waals surface area (Å²) in [7, 11) is 2.71. The zero-order valence-corrected chi connectivity index (χ0v) is 12.0. The molecule has 1 fully saturated rings. The molecule has 0 spiro atoms. The smallest absolute Gasteiger partial charge is 0.268 e. The van der Waals surface area contributed by atoms with E-state index >= 15 is 0 Å². The van der Waals surface area contributed by atoms with E-state index in [1.807, 2.05) is 5.38 Å². The summed E-state index contributed by atoms with van der Waals surface area (Å²) in [6.07, 6.45) is 1.50. The van der Waals surface area contributed by atoms with Gasteiger partial charge in [0.2, 0.25) is 0 Å². The normalized spacial score (nSPS) is 16.6. The van der Waals surface area contributed by atoms with Gasteiger partial charge in [-0.05, 0) is 28.1 Å². The van der Waals surface area contributed by atoms with Crippen molar-refractivity contribution in [2.75, 3.05) is 14.1 Å². The van der Waals surface area contributed by atoms with Crippen LogP contribution in [-0.2, 0) is 9.59 Å². The Hall–Kier alpha value is -1.47. The molecule has 0 aliphatic carbocycles. The second-order valence-corrected chi connectivity index (χ2v) is 5.59. The molecule has 7 heteroatoms. The highest BCUT2D eigenvalue weighted by Gasteiger charge is 2.37. The summed E-state index contributed by atoms with van der Waals surface area (Å²) < 4.78 is 0.882. The van der Waals surface area contributed by atoms with Gasteiger partial charge in [-0.2, -0.15) is 0 Å². The lowest BCUT2D eigenvalue weighted by Crippen LogP contribution is -2.52. The van der Waals surface area contributed by atoms with Crippen LogP contribution >= 0.6 is 27.3 Å². The van der Waals surface area contributed by atoms with Gasteiger partial charge in [0.1, 0.15) is 5.57 Å². The maximum Gasteiger partial charge on any atom is 0.333 e. The Bertz CT molecular complexity index is 553. The molecule has 2 heterocycles. The Balaban J connectivity index is 2.43. The molecule has 0 bridgehead atoms. The number of halogens is 1. The molecule has 1 saturated heterocycles. The first-order chi connectivity index (χ1) is 8.41. The third-order valence-corrected chi connectivity index (χ3v) is 4.16. The van der Waals surface area contributed by atoms with Crippen molar-refractivity contribution in [2.45, 2.75) is 0 Å². The van der Waals surface area contributed by atoms with Gasteiger partial charge in [-0.3, -0.25) is 19.4 Å². The first kappa shape index (κ1) is 13.0. The number of carbonyl (C=O) groups excluding carboxylic acids is 3. The van der Waals surface area contributed by atoms with Gasteiger partial charge in [-0.25, -0.2) is 4.79 Å². The van der Waals surface area contributed by atoms with E-state index in [1.165, 1.54) is 31.5 Å². The molecule has 0 saturated carbocycles. The number of thiophene rings is 1. The molecule has 2 rings (SSSR count). The van der Waals surface area contributed by atoms with Crippen LogP contribution in [-0.4, -0.2) is 41.7 Å². The number of nitrogens with zero attached hydrogens (tertiary/aromatic N) is 2. The summed E-state index contributed by atoms with van der Waals surface area (Å²) in [5.74, 6) is -1.15. The van der Waals surface area contributed by atoms with Gasteiger partial charge >= 0.3 is 6.03 Å². The average molecular weight is 329 g/mol. The standard InChI is InChI=1S/C11H9BrN2O3S/c1-13-9(15)8(10(16)14(2)11(13)17)4-7-3-6(12)5-18-7/h3-5H,1-2H3. The fourth-order valence-corrected chi connectivity index (χ4v) is 2.90. The fraction of sp³-hybridized carbons (Fsp3) is 0.182. The van der Waals surface area contributed by atoms with E-state index in [9.17, 15) is 14.4 Å². The lowest BCUT2D eigenvalue weighted by Gasteiger charge is -2.28. The van der Waals surface area contributed by atoms with Crippen molar-refractivity contribution < 1.29 is 14.4 Å². The van der Waals surface area contributed by atoms with E-state index in [0.717, 1.165) is 19.1 Å². The van der Waals surface area contributed by atoms with Crippen molar-refractivity contribution in [3.05, 3.63) is 26.4 Å². The predicted molar refractivity (Wildman–Crippen MR) is 70.9 cm³/mol. The van der Waals surface area contributed by atoms with E-state index in [0.29, 0.717) is 0 Å². The monoisotopic (exact) mass is 328 g/mol. The molecule has 0 aromatic carbocycles. The summed E-state index contributed by atoms with van der Waals surface area (Å²) in [5, 5.41) is 1.85. The molecule has 18 heavy (non-hydrogen) atoms. The second-order valence-electron chi connectivity index (χ2n) is 3.74. The minimum absolute atomic E-state index is 0.00560. The summed E-state index contributed by atoms with van der Waals surface area (Å²) in [4.78, 5) is 37.9. The largest absolute Gasteiger partial charge is 0.333 e. The van der Waals surface area contributed by atoms with Crippen molar-refractivity contribution in [2.24, 2.45) is 0 Å². The summed E-state index contributed by atoms with van der Waals surface area (Å²) in [6.45, 7) is 0. The number of hydrogen-bond acceptors (Lipinski definition) is 4. The van der Waals surface area contributed by atoms with Crippen LogP contribution in [0, 0.1) is 0 Å². The van der Waals surface area contributed by atoms with Crippen LogP contribution in [0.5, 0.6) is 0 Å². The lowest BCUT2D eigenvalue weighted by molar-refractivity contribution is -0.134. The molecule has 1 aliphatic rings. The number of barbiturate groups is 1. The predicted octanol–water partition coefficient (Wildman–Crippen LogP) is 1.94. The van der Waals surface area contributed by atoms with E-state index < -0.39 is 17.8 Å². The number of imide groups is 2.